The second-order valence-corrected chi connectivity index (χ2v) is 11.4. The number of nitrogens with one attached hydrogen (secondary N) is 1. The molecule has 5 rings (SSSR count). The average molecular weight is 477 g/mol. The number of nitrogens with zero attached hydrogens (tertiary/aromatic N) is 5. The minimum atomic E-state index is -1.46. The van der Waals surface area contributed by atoms with Crippen molar-refractivity contribution in [2.45, 2.75) is 81.4 Å². The monoisotopic (exact) mass is 476 g/mol. The molecule has 2 aromatic heterocycles. The van der Waals surface area contributed by atoms with Crippen LogP contribution in [-0.2, 0) is 17.7 Å². The van der Waals surface area contributed by atoms with Crippen molar-refractivity contribution in [1.29, 1.82) is 5.26 Å². The molecule has 2 aliphatic rings. The Morgan fingerprint density at radius 3 is 2.50 bits per heavy atom. The Kier molecular flexibility index (Phi) is 6.75. The van der Waals surface area contributed by atoms with Gasteiger partial charge in [-0.25, -0.2) is 0 Å². The Morgan fingerprint density at radius 2 is 1.85 bits per heavy atom. The number of anilines is 1. The van der Waals surface area contributed by atoms with Crippen LogP contribution in [0.1, 0.15) is 64.6 Å². The predicted molar refractivity (Wildman–Crippen MR) is 133 cm³/mol. The summed E-state index contributed by atoms with van der Waals surface area (Å²) in [6.07, 6.45) is 8.40. The highest BCUT2D eigenvalue weighted by molar-refractivity contribution is 7.91. The van der Waals surface area contributed by atoms with E-state index < -0.39 is 11.2 Å². The van der Waals surface area contributed by atoms with Crippen LogP contribution >= 0.6 is 0 Å². The van der Waals surface area contributed by atoms with Gasteiger partial charge in [-0.1, -0.05) is 44.4 Å². The van der Waals surface area contributed by atoms with Crippen molar-refractivity contribution in [1.82, 2.24) is 19.5 Å². The van der Waals surface area contributed by atoms with Crippen molar-refractivity contribution in [2.24, 2.45) is 17.8 Å². The van der Waals surface area contributed by atoms with Gasteiger partial charge in [0.1, 0.15) is 11.6 Å². The van der Waals surface area contributed by atoms with Crippen LogP contribution in [-0.4, -0.2) is 30.1 Å². The first-order valence-electron chi connectivity index (χ1n) is 12.4. The summed E-state index contributed by atoms with van der Waals surface area (Å²) < 4.78 is 15.8. The van der Waals surface area contributed by atoms with E-state index in [4.69, 9.17) is 4.98 Å². The summed E-state index contributed by atoms with van der Waals surface area (Å²) in [4.78, 5) is 14.4. The fourth-order valence-electron chi connectivity index (χ4n) is 5.17. The molecule has 1 unspecified atom stereocenters. The first-order chi connectivity index (χ1) is 16.5. The molecule has 7 nitrogen and oxygen atoms in total. The van der Waals surface area contributed by atoms with E-state index in [-0.39, 0.29) is 11.9 Å². The molecule has 34 heavy (non-hydrogen) atoms. The molecule has 178 valence electrons. The van der Waals surface area contributed by atoms with Crippen molar-refractivity contribution >= 4 is 28.2 Å². The molecule has 0 bridgehead atoms. The van der Waals surface area contributed by atoms with Crippen molar-refractivity contribution in [3.8, 4) is 6.07 Å². The van der Waals surface area contributed by atoms with Gasteiger partial charge in [-0.3, -0.25) is 4.57 Å². The zero-order valence-electron chi connectivity index (χ0n) is 19.9. The summed E-state index contributed by atoms with van der Waals surface area (Å²) in [7, 11) is 0. The van der Waals surface area contributed by atoms with Crippen molar-refractivity contribution < 1.29 is 4.55 Å². The second kappa shape index (κ2) is 9.93. The maximum atomic E-state index is 13.7. The molecule has 8 heteroatoms. The molecule has 2 saturated carbocycles. The van der Waals surface area contributed by atoms with Gasteiger partial charge in [0.2, 0.25) is 5.82 Å². The topological polar surface area (TPSA) is 102 Å². The standard InChI is InChI=1S/C26H32N6OS/c1-17-11-13-19(14-12-17)16-32-23-24(28-18(2)20-7-6-8-20)29-22(15-27)30-25(23)31-26(32)34(33)21-9-4-3-5-10-21/h3-5,9-10,17-20H,6-8,11-14,16H2,1-2H3,(H,28,29,30)/t17?,18-,19?,34?/m1/s1. The minimum Gasteiger partial charge on any atom is -0.604 e. The molecular formula is C26H32N6OS. The highest BCUT2D eigenvalue weighted by Crippen LogP contribution is 2.35. The minimum absolute atomic E-state index is 0.0870. The smallest absolute Gasteiger partial charge is 0.331 e. The van der Waals surface area contributed by atoms with Crippen LogP contribution in [0.5, 0.6) is 0 Å². The second-order valence-electron chi connectivity index (χ2n) is 10.0. The molecule has 2 atom stereocenters. The summed E-state index contributed by atoms with van der Waals surface area (Å²) in [6.45, 7) is 5.23. The maximum absolute atomic E-state index is 13.7. The highest BCUT2D eigenvalue weighted by Gasteiger charge is 2.31. The lowest BCUT2D eigenvalue weighted by Crippen LogP contribution is -2.31. The number of fused-ring (bicyclic) bond motifs is 1. The molecule has 0 aliphatic heterocycles. The number of hydrogen-bond acceptors (Lipinski definition) is 6. The molecule has 1 N–H and O–H groups in total. The summed E-state index contributed by atoms with van der Waals surface area (Å²) in [5.41, 5.74) is 1.21. The summed E-state index contributed by atoms with van der Waals surface area (Å²) >= 11 is -1.46. The van der Waals surface area contributed by atoms with Crippen LogP contribution in [0.4, 0.5) is 5.82 Å². The van der Waals surface area contributed by atoms with E-state index >= 15 is 0 Å². The first kappa shape index (κ1) is 23.1. The summed E-state index contributed by atoms with van der Waals surface area (Å²) in [5.74, 6) is 2.58. The first-order valence-corrected chi connectivity index (χ1v) is 13.6. The summed E-state index contributed by atoms with van der Waals surface area (Å²) in [6, 6.07) is 11.8. The lowest BCUT2D eigenvalue weighted by atomic mass is 9.80. The molecule has 0 amide bonds. The van der Waals surface area contributed by atoms with Gasteiger partial charge in [-0.2, -0.15) is 20.2 Å². The average Bonchev–Trinajstić information content (AvgIpc) is 3.17. The number of hydrogen-bond donors (Lipinski definition) is 1. The van der Waals surface area contributed by atoms with E-state index in [2.05, 4.69) is 39.8 Å². The van der Waals surface area contributed by atoms with Gasteiger partial charge in [0.15, 0.2) is 16.4 Å². The van der Waals surface area contributed by atoms with Gasteiger partial charge in [0, 0.05) is 12.6 Å². The number of aromatic nitrogens is 4. The Labute approximate surface area is 204 Å². The molecule has 0 radical (unpaired) electrons. The molecule has 2 aliphatic carbocycles. The predicted octanol–water partition coefficient (Wildman–Crippen LogP) is 5.29. The van der Waals surface area contributed by atoms with Gasteiger partial charge in [-0.15, -0.1) is 0 Å². The Balaban J connectivity index is 1.60. The number of imidazole rings is 1. The third-order valence-electron chi connectivity index (χ3n) is 7.59. The fraction of sp³-hybridized carbons (Fsp3) is 0.538. The SMILES string of the molecule is CC1CCC(Cn2c([S+]([O-])c3ccccc3)nc3nc(C#N)nc(N[C@H](C)C4CCC4)c32)CC1. The highest BCUT2D eigenvalue weighted by atomic mass is 32.2. The van der Waals surface area contributed by atoms with Crippen LogP contribution in [0.15, 0.2) is 40.4 Å². The number of rotatable bonds is 7. The van der Waals surface area contributed by atoms with Gasteiger partial charge in [0.05, 0.1) is 11.2 Å². The molecule has 0 saturated heterocycles. The van der Waals surface area contributed by atoms with E-state index in [9.17, 15) is 9.81 Å². The van der Waals surface area contributed by atoms with E-state index in [0.29, 0.717) is 33.4 Å². The van der Waals surface area contributed by atoms with Crippen molar-refractivity contribution in [3.05, 3.63) is 36.2 Å². The molecule has 3 aromatic rings. The van der Waals surface area contributed by atoms with Crippen molar-refractivity contribution in [2.75, 3.05) is 5.32 Å². The third-order valence-corrected chi connectivity index (χ3v) is 8.93. The molecule has 1 aromatic carbocycles. The van der Waals surface area contributed by atoms with Crippen LogP contribution in [0.25, 0.3) is 11.2 Å². The van der Waals surface area contributed by atoms with Crippen LogP contribution in [0.3, 0.4) is 0 Å². The summed E-state index contributed by atoms with van der Waals surface area (Å²) in [5, 5.41) is 13.6. The number of benzene rings is 1. The number of nitriles is 1. The van der Waals surface area contributed by atoms with Crippen LogP contribution < -0.4 is 5.32 Å². The van der Waals surface area contributed by atoms with E-state index in [0.717, 1.165) is 30.8 Å². The van der Waals surface area contributed by atoms with E-state index in [1.54, 1.807) is 0 Å². The Hall–Kier alpha value is -2.63. The normalized spacial score (nSPS) is 22.6. The maximum Gasteiger partial charge on any atom is 0.331 e. The molecule has 2 fully saturated rings. The van der Waals surface area contributed by atoms with Gasteiger partial charge in [-0.05, 0) is 62.5 Å². The Bertz CT molecular complexity index is 1180. The van der Waals surface area contributed by atoms with E-state index in [1.165, 1.54) is 32.1 Å². The zero-order chi connectivity index (χ0) is 23.7. The van der Waals surface area contributed by atoms with Gasteiger partial charge < -0.3 is 9.87 Å². The lowest BCUT2D eigenvalue weighted by Gasteiger charge is -2.32. The quantitative estimate of drug-likeness (QED) is 0.465. The third kappa shape index (κ3) is 4.64. The fourth-order valence-corrected chi connectivity index (χ4v) is 6.32. The zero-order valence-corrected chi connectivity index (χ0v) is 20.7. The van der Waals surface area contributed by atoms with Gasteiger partial charge in [0.25, 0.3) is 0 Å². The molecule has 0 spiro atoms. The molecular weight excluding hydrogens is 444 g/mol. The Morgan fingerprint density at radius 1 is 1.12 bits per heavy atom. The van der Waals surface area contributed by atoms with Crippen LogP contribution in [0, 0.1) is 29.1 Å². The largest absolute Gasteiger partial charge is 0.604 e. The lowest BCUT2D eigenvalue weighted by molar-refractivity contribution is 0.261. The van der Waals surface area contributed by atoms with E-state index in [1.807, 2.05) is 30.3 Å². The van der Waals surface area contributed by atoms with Crippen molar-refractivity contribution in [3.63, 3.8) is 0 Å². The molecule has 2 heterocycles. The van der Waals surface area contributed by atoms with Crippen LogP contribution in [0.2, 0.25) is 0 Å². The van der Waals surface area contributed by atoms with Gasteiger partial charge >= 0.3 is 5.16 Å².